The Morgan fingerprint density at radius 3 is 2.65 bits per heavy atom. The van der Waals surface area contributed by atoms with E-state index in [0.717, 1.165) is 52.2 Å². The van der Waals surface area contributed by atoms with Gasteiger partial charge in [0, 0.05) is 45.4 Å². The molecule has 2 aliphatic heterocycles. The highest BCUT2D eigenvalue weighted by Crippen LogP contribution is 2.14. The number of ether oxygens (including phenoxy) is 1. The third-order valence-corrected chi connectivity index (χ3v) is 4.95. The quantitative estimate of drug-likeness (QED) is 0.791. The number of halogens is 2. The minimum Gasteiger partial charge on any atom is -0.377 e. The van der Waals surface area contributed by atoms with Crippen LogP contribution in [-0.4, -0.2) is 67.2 Å². The summed E-state index contributed by atoms with van der Waals surface area (Å²) in [5.74, 6) is 0.208. The second-order valence-electron chi connectivity index (χ2n) is 6.92. The highest BCUT2D eigenvalue weighted by molar-refractivity contribution is 5.85. The first-order valence-electron chi connectivity index (χ1n) is 9.10. The molecule has 7 heteroatoms. The fraction of sp³-hybridized carbons (Fsp3) is 0.632. The van der Waals surface area contributed by atoms with Gasteiger partial charge in [0.15, 0.2) is 0 Å². The van der Waals surface area contributed by atoms with Gasteiger partial charge in [-0.25, -0.2) is 0 Å². The molecule has 0 bridgehead atoms. The average Bonchev–Trinajstić information content (AvgIpc) is 3.09. The molecule has 2 fully saturated rings. The lowest BCUT2D eigenvalue weighted by Gasteiger charge is -2.40. The van der Waals surface area contributed by atoms with Gasteiger partial charge in [0.2, 0.25) is 5.91 Å². The van der Waals surface area contributed by atoms with Crippen LogP contribution in [0.25, 0.3) is 0 Å². The van der Waals surface area contributed by atoms with Crippen LogP contribution in [0.2, 0.25) is 0 Å². The van der Waals surface area contributed by atoms with Gasteiger partial charge in [0.1, 0.15) is 0 Å². The van der Waals surface area contributed by atoms with Crippen molar-refractivity contribution in [2.24, 2.45) is 0 Å². The van der Waals surface area contributed by atoms with Crippen LogP contribution in [0.5, 0.6) is 0 Å². The second kappa shape index (κ2) is 11.8. The lowest BCUT2D eigenvalue weighted by atomic mass is 10.1. The Kier molecular flexibility index (Phi) is 10.5. The van der Waals surface area contributed by atoms with Gasteiger partial charge in [0.05, 0.1) is 12.6 Å². The number of nitrogens with zero attached hydrogens (tertiary/aromatic N) is 2. The number of rotatable bonds is 6. The van der Waals surface area contributed by atoms with Crippen molar-refractivity contribution in [1.82, 2.24) is 15.1 Å². The van der Waals surface area contributed by atoms with Gasteiger partial charge >= 0.3 is 0 Å². The Morgan fingerprint density at radius 2 is 2.00 bits per heavy atom. The van der Waals surface area contributed by atoms with Crippen molar-refractivity contribution in [3.05, 3.63) is 35.9 Å². The lowest BCUT2D eigenvalue weighted by molar-refractivity contribution is -0.134. The van der Waals surface area contributed by atoms with Crippen LogP contribution in [0, 0.1) is 0 Å². The van der Waals surface area contributed by atoms with E-state index in [1.54, 1.807) is 0 Å². The van der Waals surface area contributed by atoms with E-state index in [9.17, 15) is 4.79 Å². The van der Waals surface area contributed by atoms with E-state index in [4.69, 9.17) is 4.74 Å². The fourth-order valence-electron chi connectivity index (χ4n) is 3.64. The van der Waals surface area contributed by atoms with Gasteiger partial charge in [-0.1, -0.05) is 30.3 Å². The standard InChI is InChI=1S/C19H29N3O2.2ClH/c1-16-14-21(15-17-6-3-2-4-7-17)9-10-22(16)19(23)13-20-12-18-8-5-11-24-18;;/h2-4,6-7,16,18,20H,5,8-15H2,1H3;2*1H/t16-,18?;;/m1../s1. The lowest BCUT2D eigenvalue weighted by Crippen LogP contribution is -2.55. The summed E-state index contributed by atoms with van der Waals surface area (Å²) in [6.45, 7) is 7.87. The maximum atomic E-state index is 12.5. The molecule has 1 aromatic rings. The van der Waals surface area contributed by atoms with E-state index in [0.29, 0.717) is 6.54 Å². The van der Waals surface area contributed by atoms with Crippen LogP contribution >= 0.6 is 24.8 Å². The normalized spacial score (nSPS) is 23.2. The largest absolute Gasteiger partial charge is 0.377 e. The molecule has 0 saturated carbocycles. The van der Waals surface area contributed by atoms with Crippen LogP contribution in [0.1, 0.15) is 25.3 Å². The minimum atomic E-state index is 0. The van der Waals surface area contributed by atoms with Crippen LogP contribution in [0.15, 0.2) is 30.3 Å². The van der Waals surface area contributed by atoms with Crippen molar-refractivity contribution in [2.45, 2.75) is 38.5 Å². The van der Waals surface area contributed by atoms with Crippen molar-refractivity contribution in [3.63, 3.8) is 0 Å². The summed E-state index contributed by atoms with van der Waals surface area (Å²) in [6.07, 6.45) is 2.54. The zero-order valence-corrected chi connectivity index (χ0v) is 17.1. The predicted octanol–water partition coefficient (Wildman–Crippen LogP) is 2.33. The molecule has 1 amide bonds. The molecular formula is C19H31Cl2N3O2. The van der Waals surface area contributed by atoms with Gasteiger partial charge in [0.25, 0.3) is 0 Å². The second-order valence-corrected chi connectivity index (χ2v) is 6.92. The number of carbonyl (C=O) groups excluding carboxylic acids is 1. The smallest absolute Gasteiger partial charge is 0.236 e. The van der Waals surface area contributed by atoms with E-state index >= 15 is 0 Å². The first kappa shape index (κ1) is 23.2. The van der Waals surface area contributed by atoms with Crippen molar-refractivity contribution >= 4 is 30.7 Å². The van der Waals surface area contributed by atoms with Gasteiger partial charge in [-0.2, -0.15) is 0 Å². The molecule has 1 aromatic carbocycles. The Bertz CT molecular complexity index is 527. The van der Waals surface area contributed by atoms with E-state index < -0.39 is 0 Å². The van der Waals surface area contributed by atoms with Gasteiger partial charge in [-0.3, -0.25) is 9.69 Å². The monoisotopic (exact) mass is 403 g/mol. The molecule has 5 nitrogen and oxygen atoms in total. The first-order valence-corrected chi connectivity index (χ1v) is 9.10. The number of hydrogen-bond donors (Lipinski definition) is 1. The van der Waals surface area contributed by atoms with Crippen LogP contribution < -0.4 is 5.32 Å². The molecule has 0 radical (unpaired) electrons. The summed E-state index contributed by atoms with van der Waals surface area (Å²) in [7, 11) is 0. The van der Waals surface area contributed by atoms with E-state index in [1.165, 1.54) is 5.56 Å². The molecule has 1 N–H and O–H groups in total. The minimum absolute atomic E-state index is 0. The third-order valence-electron chi connectivity index (χ3n) is 4.95. The number of hydrogen-bond acceptors (Lipinski definition) is 4. The van der Waals surface area contributed by atoms with Crippen LogP contribution in [0.4, 0.5) is 0 Å². The maximum Gasteiger partial charge on any atom is 0.236 e. The third kappa shape index (κ3) is 6.71. The zero-order chi connectivity index (χ0) is 16.8. The van der Waals surface area contributed by atoms with Crippen LogP contribution in [0.3, 0.4) is 0 Å². The van der Waals surface area contributed by atoms with Crippen molar-refractivity contribution in [1.29, 1.82) is 0 Å². The van der Waals surface area contributed by atoms with E-state index in [1.807, 2.05) is 11.0 Å². The molecule has 2 aliphatic rings. The SMILES string of the molecule is C[C@@H]1CN(Cc2ccccc2)CCN1C(=O)CNCC1CCCO1.Cl.Cl. The highest BCUT2D eigenvalue weighted by atomic mass is 35.5. The Balaban J connectivity index is 0.00000169. The zero-order valence-electron chi connectivity index (χ0n) is 15.4. The average molecular weight is 404 g/mol. The Labute approximate surface area is 169 Å². The number of nitrogens with one attached hydrogen (secondary N) is 1. The summed E-state index contributed by atoms with van der Waals surface area (Å²) in [5, 5.41) is 3.27. The van der Waals surface area contributed by atoms with Gasteiger partial charge in [-0.15, -0.1) is 24.8 Å². The highest BCUT2D eigenvalue weighted by Gasteiger charge is 2.27. The van der Waals surface area contributed by atoms with Crippen LogP contribution in [-0.2, 0) is 16.1 Å². The van der Waals surface area contributed by atoms with Crippen molar-refractivity contribution < 1.29 is 9.53 Å². The molecule has 0 spiro atoms. The molecule has 26 heavy (non-hydrogen) atoms. The summed E-state index contributed by atoms with van der Waals surface area (Å²) < 4.78 is 5.58. The number of carbonyl (C=O) groups is 1. The molecule has 2 atom stereocenters. The topological polar surface area (TPSA) is 44.8 Å². The Hall–Kier alpha value is -0.850. The molecule has 1 unspecified atom stereocenters. The maximum absolute atomic E-state index is 12.5. The van der Waals surface area contributed by atoms with E-state index in [-0.39, 0.29) is 42.9 Å². The number of amides is 1. The first-order chi connectivity index (χ1) is 11.7. The van der Waals surface area contributed by atoms with Crippen molar-refractivity contribution in [3.8, 4) is 0 Å². The predicted molar refractivity (Wildman–Crippen MR) is 109 cm³/mol. The van der Waals surface area contributed by atoms with E-state index in [2.05, 4.69) is 41.4 Å². The van der Waals surface area contributed by atoms with Gasteiger partial charge < -0.3 is 15.0 Å². The molecule has 2 heterocycles. The molecule has 3 rings (SSSR count). The summed E-state index contributed by atoms with van der Waals surface area (Å²) in [5.41, 5.74) is 1.34. The summed E-state index contributed by atoms with van der Waals surface area (Å²) in [4.78, 5) is 16.9. The molecular weight excluding hydrogens is 373 g/mol. The fourth-order valence-corrected chi connectivity index (χ4v) is 3.64. The number of benzene rings is 1. The van der Waals surface area contributed by atoms with Crippen molar-refractivity contribution in [2.75, 3.05) is 39.3 Å². The molecule has 0 aromatic heterocycles. The molecule has 2 saturated heterocycles. The summed E-state index contributed by atoms with van der Waals surface area (Å²) in [6, 6.07) is 10.8. The molecule has 0 aliphatic carbocycles. The number of piperazine rings is 1. The van der Waals surface area contributed by atoms with Gasteiger partial charge in [-0.05, 0) is 25.3 Å². The Morgan fingerprint density at radius 1 is 1.23 bits per heavy atom. The summed E-state index contributed by atoms with van der Waals surface area (Å²) >= 11 is 0. The molecule has 148 valence electrons.